The second-order valence-corrected chi connectivity index (χ2v) is 27.0. The Hall–Kier alpha value is -11.9. The van der Waals surface area contributed by atoms with E-state index in [0.29, 0.717) is 5.46 Å². The second-order valence-electron chi connectivity index (χ2n) is 26.1. The molecule has 0 aliphatic heterocycles. The van der Waals surface area contributed by atoms with E-state index in [4.69, 9.17) is 0 Å². The van der Waals surface area contributed by atoms with Crippen molar-refractivity contribution in [1.82, 2.24) is 9.13 Å². The van der Waals surface area contributed by atoms with Crippen molar-refractivity contribution in [3.8, 4) is 67.0 Å². The zero-order valence-corrected chi connectivity index (χ0v) is 54.5. The first-order chi connectivity index (χ1) is 48.4. The molecule has 0 unspecified atom stereocenters. The first-order valence-corrected chi connectivity index (χ1v) is 34.2. The largest absolute Gasteiger partial charge is 0.488 e. The van der Waals surface area contributed by atoms with Gasteiger partial charge in [-0.2, -0.15) is 0 Å². The number of fused-ring (bicyclic) bond motifs is 24. The predicted molar refractivity (Wildman–Crippen MR) is 420 cm³/mol. The topological polar surface area (TPSA) is 50.3 Å². The Morgan fingerprint density at radius 1 is 0.224 bits per heavy atom. The number of aromatic nitrogens is 2. The van der Waals surface area contributed by atoms with Crippen LogP contribution in [0.4, 0.5) is 0 Å². The summed E-state index contributed by atoms with van der Waals surface area (Å²) in [6.45, 7) is 0. The molecule has 0 atom stereocenters. The molecule has 2 aliphatic rings. The molecule has 2 aliphatic carbocycles. The molecule has 18 aromatic carbocycles. The van der Waals surface area contributed by atoms with Crippen molar-refractivity contribution in [3.63, 3.8) is 0 Å². The van der Waals surface area contributed by atoms with Gasteiger partial charge in [0.1, 0.15) is 0 Å². The maximum atomic E-state index is 9.32. The van der Waals surface area contributed by atoms with Crippen LogP contribution >= 0.6 is 15.9 Å². The summed E-state index contributed by atoms with van der Waals surface area (Å²) in [5.41, 5.74) is 20.2. The van der Waals surface area contributed by atoms with Gasteiger partial charge in [-0.05, 0) is 220 Å². The minimum absolute atomic E-state index is 0.531. The van der Waals surface area contributed by atoms with Crippen molar-refractivity contribution in [2.75, 3.05) is 0 Å². The van der Waals surface area contributed by atoms with Crippen molar-refractivity contribution in [2.24, 2.45) is 0 Å². The van der Waals surface area contributed by atoms with E-state index in [1.54, 1.807) is 6.07 Å². The van der Waals surface area contributed by atoms with Crippen LogP contribution in [0.25, 0.3) is 197 Å². The summed E-state index contributed by atoms with van der Waals surface area (Å²) in [4.78, 5) is 0. The quantitative estimate of drug-likeness (QED) is 0.136. The van der Waals surface area contributed by atoms with Gasteiger partial charge in [0, 0.05) is 37.4 Å². The minimum atomic E-state index is -1.42. The van der Waals surface area contributed by atoms with E-state index in [1.807, 2.05) is 18.2 Å². The van der Waals surface area contributed by atoms with Gasteiger partial charge in [0.15, 0.2) is 0 Å². The summed E-state index contributed by atoms with van der Waals surface area (Å²) < 4.78 is 5.93. The lowest BCUT2D eigenvalue weighted by molar-refractivity contribution is 0.426. The lowest BCUT2D eigenvalue weighted by Crippen LogP contribution is -2.29. The number of rotatable bonds is 4. The average molecular weight is 1310 g/mol. The summed E-state index contributed by atoms with van der Waals surface area (Å²) >= 11 is 3.66. The van der Waals surface area contributed by atoms with Crippen molar-refractivity contribution < 1.29 is 10.0 Å². The Morgan fingerprint density at radius 3 is 1.03 bits per heavy atom. The van der Waals surface area contributed by atoms with E-state index in [-0.39, 0.29) is 0 Å². The first-order valence-electron chi connectivity index (χ1n) is 33.5. The maximum Gasteiger partial charge on any atom is 0.488 e. The second kappa shape index (κ2) is 22.1. The summed E-state index contributed by atoms with van der Waals surface area (Å²) in [6, 6.07) is 119. The van der Waals surface area contributed by atoms with Crippen LogP contribution in [0, 0.1) is 0 Å². The van der Waals surface area contributed by atoms with Crippen LogP contribution in [0.3, 0.4) is 0 Å². The molecule has 0 saturated carbocycles. The van der Waals surface area contributed by atoms with E-state index < -0.39 is 7.12 Å². The smallest absolute Gasteiger partial charge is 0.423 e. The molecular weight excluding hydrogens is 1260 g/mol. The molecule has 20 aromatic rings. The molecule has 98 heavy (non-hydrogen) atoms. The average Bonchev–Trinajstić information content (AvgIpc) is 1.37. The fourth-order valence-corrected chi connectivity index (χ4v) is 17.0. The number of hydrogen-bond acceptors (Lipinski definition) is 2. The van der Waals surface area contributed by atoms with Gasteiger partial charge in [0.2, 0.25) is 0 Å². The molecular formula is C92H56BBrN2O2. The predicted octanol–water partition coefficient (Wildman–Crippen LogP) is 23.9. The van der Waals surface area contributed by atoms with Crippen LogP contribution in [0.15, 0.2) is 332 Å². The summed E-state index contributed by atoms with van der Waals surface area (Å²) in [6.07, 6.45) is 0. The normalized spacial score (nSPS) is 12.0. The zero-order valence-electron chi connectivity index (χ0n) is 52.9. The number of hydrogen-bond donors (Lipinski definition) is 2. The molecule has 0 fully saturated rings. The highest BCUT2D eigenvalue weighted by atomic mass is 79.9. The molecule has 0 saturated heterocycles. The van der Waals surface area contributed by atoms with E-state index in [9.17, 15) is 10.0 Å². The Balaban J connectivity index is 0.000000110. The third-order valence-corrected chi connectivity index (χ3v) is 21.4. The number of halogens is 1. The highest BCUT2D eigenvalue weighted by Crippen LogP contribution is 2.50. The van der Waals surface area contributed by atoms with E-state index in [0.717, 1.165) is 15.6 Å². The Morgan fingerprint density at radius 2 is 0.571 bits per heavy atom. The number of nitrogens with zero attached hydrogens (tertiary/aromatic N) is 2. The first kappa shape index (κ1) is 56.5. The van der Waals surface area contributed by atoms with Gasteiger partial charge in [0.05, 0.1) is 22.1 Å². The highest BCUT2D eigenvalue weighted by Gasteiger charge is 2.25. The van der Waals surface area contributed by atoms with Gasteiger partial charge in [0.25, 0.3) is 0 Å². The molecule has 0 amide bonds. The highest BCUT2D eigenvalue weighted by molar-refractivity contribution is 9.10. The van der Waals surface area contributed by atoms with Crippen LogP contribution in [0.5, 0.6) is 0 Å². The zero-order chi connectivity index (χ0) is 64.9. The molecule has 2 aromatic heterocycles. The molecule has 2 heterocycles. The van der Waals surface area contributed by atoms with Crippen LogP contribution in [-0.4, -0.2) is 26.3 Å². The monoisotopic (exact) mass is 1310 g/mol. The van der Waals surface area contributed by atoms with Crippen molar-refractivity contribution in [1.29, 1.82) is 0 Å². The molecule has 22 rings (SSSR count). The van der Waals surface area contributed by atoms with Gasteiger partial charge >= 0.3 is 7.12 Å². The Bertz CT molecular complexity index is 6740. The molecule has 0 radical (unpaired) electrons. The lowest BCUT2D eigenvalue weighted by Gasteiger charge is -2.14. The fourth-order valence-electron chi connectivity index (χ4n) is 16.7. The van der Waals surface area contributed by atoms with Crippen molar-refractivity contribution >= 4 is 158 Å². The fraction of sp³-hybridized carbons (Fsp3) is 0. The van der Waals surface area contributed by atoms with Gasteiger partial charge in [-0.15, -0.1) is 0 Å². The van der Waals surface area contributed by atoms with Crippen LogP contribution < -0.4 is 5.46 Å². The number of benzene rings is 18. The summed E-state index contributed by atoms with van der Waals surface area (Å²) in [5, 5.41) is 44.5. The van der Waals surface area contributed by atoms with E-state index in [2.05, 4.69) is 328 Å². The van der Waals surface area contributed by atoms with E-state index >= 15 is 0 Å². The Kier molecular flexibility index (Phi) is 12.7. The minimum Gasteiger partial charge on any atom is -0.423 e. The van der Waals surface area contributed by atoms with Gasteiger partial charge in [-0.1, -0.05) is 271 Å². The van der Waals surface area contributed by atoms with Crippen LogP contribution in [0.1, 0.15) is 0 Å². The van der Waals surface area contributed by atoms with Gasteiger partial charge in [-0.25, -0.2) is 0 Å². The van der Waals surface area contributed by atoms with Gasteiger partial charge in [-0.3, -0.25) is 0 Å². The van der Waals surface area contributed by atoms with E-state index in [1.165, 1.54) is 186 Å². The van der Waals surface area contributed by atoms with Crippen LogP contribution in [-0.2, 0) is 0 Å². The summed E-state index contributed by atoms with van der Waals surface area (Å²) in [5.74, 6) is 0. The summed E-state index contributed by atoms with van der Waals surface area (Å²) in [7, 11) is -1.42. The standard InChI is InChI=1S/C46H27N.C30H18BrN.C16H11BO2/c1-2-13-34-32(11-1)33-12-3-4-14-35(33)42-27-31(21-23-36(34)42)47-44-18-6-5-15-38(44)43-26-30(20-24-45(43)47)29-19-22-37-39-16-7-9-28-10-8-17-40(46(28)39)41(37)25-29;31-19-13-16-30-28(17-19)26-11-5-6-12-29(26)32(30)20-14-15-25-23-9-2-1-7-21(23)22-8-3-4-10-24(22)27(25)18-20;18-17(19)11-7-8-12-13-5-1-3-10-4-2-6-14(16(10)13)15(12)9-11/h1-27H;1-18H;1-9,18-19H. The third-order valence-electron chi connectivity index (χ3n) is 20.9. The molecule has 0 bridgehead atoms. The molecule has 4 nitrogen and oxygen atoms in total. The molecule has 6 heteroatoms. The maximum absolute atomic E-state index is 9.32. The molecule has 2 N–H and O–H groups in total. The number of para-hydroxylation sites is 2. The molecule has 456 valence electrons. The molecule has 0 spiro atoms. The Labute approximate surface area is 572 Å². The van der Waals surface area contributed by atoms with Crippen molar-refractivity contribution in [2.45, 2.75) is 0 Å². The third kappa shape index (κ3) is 8.59. The lowest BCUT2D eigenvalue weighted by atomic mass is 9.78. The van der Waals surface area contributed by atoms with Crippen molar-refractivity contribution in [3.05, 3.63) is 332 Å². The van der Waals surface area contributed by atoms with Gasteiger partial charge < -0.3 is 19.2 Å². The SMILES string of the molecule is Brc1ccc2c(c1)c1ccccc1n2-c1ccc2c3ccccc3c3ccccc3c2c1.OB(O)c1ccc2c(c1)-c1cccc3cccc-2c13.c1cc2c3c(cccc3c1)-c1cc(-c3ccc4c(c3)c3ccccc3n4-c3ccc4c5ccccc5c5ccccc5c4c3)ccc1-2. The van der Waals surface area contributed by atoms with Crippen LogP contribution in [0.2, 0.25) is 0 Å².